The highest BCUT2D eigenvalue weighted by molar-refractivity contribution is 6.51. The van der Waals surface area contributed by atoms with Gasteiger partial charge in [0.15, 0.2) is 5.82 Å². The maximum Gasteiger partial charge on any atom is 0.301 e. The molecule has 3 aromatic rings. The SMILES string of the molecule is COc1ccccc1[C@@H]1C(=C(O)c2ccc(F)cc2)C(=O)C(=O)N1c1cc(C)on1. The molecule has 0 bridgehead atoms. The van der Waals surface area contributed by atoms with E-state index in [9.17, 15) is 19.1 Å². The van der Waals surface area contributed by atoms with Crippen molar-refractivity contribution >= 4 is 23.3 Å². The molecule has 0 saturated carbocycles. The Labute approximate surface area is 171 Å². The minimum absolute atomic E-state index is 0.128. The molecule has 152 valence electrons. The largest absolute Gasteiger partial charge is 0.507 e. The molecule has 30 heavy (non-hydrogen) atoms. The normalized spacial score (nSPS) is 18.1. The van der Waals surface area contributed by atoms with E-state index >= 15 is 0 Å². The summed E-state index contributed by atoms with van der Waals surface area (Å²) in [7, 11) is 1.46. The lowest BCUT2D eigenvalue weighted by Gasteiger charge is -2.24. The molecule has 1 saturated heterocycles. The molecule has 2 heterocycles. The van der Waals surface area contributed by atoms with Gasteiger partial charge >= 0.3 is 5.91 Å². The second-order valence-corrected chi connectivity index (χ2v) is 6.71. The molecule has 0 spiro atoms. The highest BCUT2D eigenvalue weighted by Gasteiger charge is 2.49. The van der Waals surface area contributed by atoms with Gasteiger partial charge in [0.2, 0.25) is 0 Å². The first-order valence-corrected chi connectivity index (χ1v) is 9.05. The third kappa shape index (κ3) is 3.12. The number of benzene rings is 2. The monoisotopic (exact) mass is 408 g/mol. The quantitative estimate of drug-likeness (QED) is 0.401. The average molecular weight is 408 g/mol. The number of nitrogens with zero attached hydrogens (tertiary/aromatic N) is 2. The van der Waals surface area contributed by atoms with Crippen molar-refractivity contribution in [1.29, 1.82) is 0 Å². The van der Waals surface area contributed by atoms with Crippen molar-refractivity contribution in [1.82, 2.24) is 5.16 Å². The number of Topliss-reactive ketones (excluding diaryl/α,β-unsaturated/α-hetero) is 1. The van der Waals surface area contributed by atoms with Gasteiger partial charge < -0.3 is 14.4 Å². The van der Waals surface area contributed by atoms with Gasteiger partial charge in [0.1, 0.15) is 29.1 Å². The van der Waals surface area contributed by atoms with E-state index in [0.717, 1.165) is 17.0 Å². The van der Waals surface area contributed by atoms with E-state index in [1.165, 1.54) is 25.3 Å². The maximum atomic E-state index is 13.3. The summed E-state index contributed by atoms with van der Waals surface area (Å²) in [6.45, 7) is 1.66. The summed E-state index contributed by atoms with van der Waals surface area (Å²) in [5.74, 6) is -1.69. The summed E-state index contributed by atoms with van der Waals surface area (Å²) >= 11 is 0. The summed E-state index contributed by atoms with van der Waals surface area (Å²) in [6.07, 6.45) is 0. The minimum atomic E-state index is -1.02. The zero-order valence-corrected chi connectivity index (χ0v) is 16.1. The first-order chi connectivity index (χ1) is 14.4. The number of carbonyl (C=O) groups excluding carboxylic acids is 2. The number of ether oxygens (including phenoxy) is 1. The molecule has 2 aromatic carbocycles. The van der Waals surface area contributed by atoms with Crippen LogP contribution in [-0.4, -0.2) is 29.1 Å². The van der Waals surface area contributed by atoms with Crippen LogP contribution in [0.3, 0.4) is 0 Å². The Hall–Kier alpha value is -3.94. The fraction of sp³-hybridized carbons (Fsp3) is 0.136. The lowest BCUT2D eigenvalue weighted by molar-refractivity contribution is -0.132. The van der Waals surface area contributed by atoms with Crippen molar-refractivity contribution in [3.8, 4) is 5.75 Å². The van der Waals surface area contributed by atoms with Gasteiger partial charge in [-0.25, -0.2) is 4.39 Å². The molecule has 1 atom stereocenters. The van der Waals surface area contributed by atoms with Gasteiger partial charge in [-0.05, 0) is 37.3 Å². The molecule has 7 nitrogen and oxygen atoms in total. The zero-order chi connectivity index (χ0) is 21.4. The molecule has 1 aromatic heterocycles. The highest BCUT2D eigenvalue weighted by atomic mass is 19.1. The van der Waals surface area contributed by atoms with E-state index in [-0.39, 0.29) is 17.0 Å². The lowest BCUT2D eigenvalue weighted by Crippen LogP contribution is -2.29. The van der Waals surface area contributed by atoms with Crippen molar-refractivity contribution in [2.75, 3.05) is 12.0 Å². The number of aliphatic hydroxyl groups is 1. The number of aliphatic hydroxyl groups excluding tert-OH is 1. The van der Waals surface area contributed by atoms with Gasteiger partial charge in [0, 0.05) is 17.2 Å². The van der Waals surface area contributed by atoms with E-state index in [1.807, 2.05) is 0 Å². The fourth-order valence-electron chi connectivity index (χ4n) is 3.49. The van der Waals surface area contributed by atoms with Crippen LogP contribution < -0.4 is 9.64 Å². The van der Waals surface area contributed by atoms with Crippen LogP contribution in [0.5, 0.6) is 5.75 Å². The molecule has 1 aliphatic rings. The van der Waals surface area contributed by atoms with E-state index in [0.29, 0.717) is 17.1 Å². The smallest absolute Gasteiger partial charge is 0.301 e. The van der Waals surface area contributed by atoms with Crippen molar-refractivity contribution < 1.29 is 28.3 Å². The lowest BCUT2D eigenvalue weighted by atomic mass is 9.94. The van der Waals surface area contributed by atoms with E-state index < -0.39 is 29.3 Å². The number of ketones is 1. The third-order valence-electron chi connectivity index (χ3n) is 4.86. The molecule has 8 heteroatoms. The fourth-order valence-corrected chi connectivity index (χ4v) is 3.49. The van der Waals surface area contributed by atoms with Gasteiger partial charge in [-0.15, -0.1) is 0 Å². The van der Waals surface area contributed by atoms with Gasteiger partial charge in [0.25, 0.3) is 5.78 Å². The van der Waals surface area contributed by atoms with Gasteiger partial charge in [0.05, 0.1) is 12.7 Å². The third-order valence-corrected chi connectivity index (χ3v) is 4.86. The van der Waals surface area contributed by atoms with Crippen LogP contribution in [0.4, 0.5) is 10.2 Å². The van der Waals surface area contributed by atoms with E-state index in [4.69, 9.17) is 9.26 Å². The Bertz CT molecular complexity index is 1170. The number of aryl methyl sites for hydroxylation is 1. The van der Waals surface area contributed by atoms with Crippen LogP contribution in [0.15, 0.2) is 64.7 Å². The van der Waals surface area contributed by atoms with Crippen LogP contribution in [0.2, 0.25) is 0 Å². The Morgan fingerprint density at radius 1 is 1.17 bits per heavy atom. The minimum Gasteiger partial charge on any atom is -0.507 e. The van der Waals surface area contributed by atoms with Crippen molar-refractivity contribution in [3.05, 3.63) is 82.9 Å². The number of carbonyl (C=O) groups is 2. The molecule has 1 N–H and O–H groups in total. The van der Waals surface area contributed by atoms with Crippen LogP contribution >= 0.6 is 0 Å². The number of aromatic nitrogens is 1. The van der Waals surface area contributed by atoms with Crippen molar-refractivity contribution in [2.24, 2.45) is 0 Å². The van der Waals surface area contributed by atoms with Crippen molar-refractivity contribution in [3.63, 3.8) is 0 Å². The summed E-state index contributed by atoms with van der Waals surface area (Å²) in [5.41, 5.74) is 0.519. The molecule has 4 rings (SSSR count). The zero-order valence-electron chi connectivity index (χ0n) is 16.1. The first-order valence-electron chi connectivity index (χ1n) is 9.05. The molecule has 1 fully saturated rings. The Kier molecular flexibility index (Phi) is 4.83. The second kappa shape index (κ2) is 7.47. The number of methoxy groups -OCH3 is 1. The topological polar surface area (TPSA) is 92.9 Å². The first kappa shape index (κ1) is 19.4. The molecular weight excluding hydrogens is 391 g/mol. The molecule has 1 aliphatic heterocycles. The number of amides is 1. The molecular formula is C22H17FN2O5. The molecule has 1 amide bonds. The van der Waals surface area contributed by atoms with E-state index in [2.05, 4.69) is 5.16 Å². The molecule has 0 aliphatic carbocycles. The predicted octanol–water partition coefficient (Wildman–Crippen LogP) is 3.76. The summed E-state index contributed by atoms with van der Waals surface area (Å²) in [4.78, 5) is 27.1. The van der Waals surface area contributed by atoms with Gasteiger partial charge in [-0.3, -0.25) is 14.5 Å². The number of hydrogen-bond acceptors (Lipinski definition) is 6. The Morgan fingerprint density at radius 2 is 1.87 bits per heavy atom. The number of rotatable bonds is 4. The maximum absolute atomic E-state index is 13.3. The number of anilines is 1. The summed E-state index contributed by atoms with van der Waals surface area (Å²) in [6, 6.07) is 12.3. The van der Waals surface area contributed by atoms with Crippen molar-refractivity contribution in [2.45, 2.75) is 13.0 Å². The van der Waals surface area contributed by atoms with Crippen LogP contribution in [-0.2, 0) is 9.59 Å². The van der Waals surface area contributed by atoms with Gasteiger partial charge in [-0.1, -0.05) is 23.4 Å². The number of hydrogen-bond donors (Lipinski definition) is 1. The van der Waals surface area contributed by atoms with Crippen LogP contribution in [0.1, 0.15) is 22.9 Å². The predicted molar refractivity (Wildman–Crippen MR) is 105 cm³/mol. The molecule has 0 unspecified atom stereocenters. The highest BCUT2D eigenvalue weighted by Crippen LogP contribution is 2.44. The number of para-hydroxylation sites is 1. The Balaban J connectivity index is 1.98. The van der Waals surface area contributed by atoms with Gasteiger partial charge in [-0.2, -0.15) is 0 Å². The summed E-state index contributed by atoms with van der Waals surface area (Å²) < 4.78 is 23.8. The van der Waals surface area contributed by atoms with Crippen LogP contribution in [0, 0.1) is 12.7 Å². The molecule has 0 radical (unpaired) electrons. The Morgan fingerprint density at radius 3 is 2.50 bits per heavy atom. The second-order valence-electron chi connectivity index (χ2n) is 6.71. The van der Waals surface area contributed by atoms with Crippen LogP contribution in [0.25, 0.3) is 5.76 Å². The van der Waals surface area contributed by atoms with E-state index in [1.54, 1.807) is 31.2 Å². The summed E-state index contributed by atoms with van der Waals surface area (Å²) in [5, 5.41) is 14.8. The average Bonchev–Trinajstić information content (AvgIpc) is 3.29. The standard InChI is InChI=1S/C22H17FN2O5/c1-12-11-17(24-30-12)25-19(15-5-3-4-6-16(15)29-2)18(21(27)22(25)28)20(26)13-7-9-14(23)10-8-13/h3-11,19,26H,1-2H3/t19-/m1/s1. The number of halogens is 1.